The third-order valence-electron chi connectivity index (χ3n) is 5.98. The van der Waals surface area contributed by atoms with Crippen LogP contribution >= 0.6 is 15.9 Å². The molecule has 0 heterocycles. The Morgan fingerprint density at radius 2 is 1.22 bits per heavy atom. The zero-order valence-corrected chi connectivity index (χ0v) is 25.4. The lowest BCUT2D eigenvalue weighted by molar-refractivity contribution is 0.1000. The van der Waals surface area contributed by atoms with Crippen LogP contribution in [0, 0.1) is 5.82 Å². The van der Waals surface area contributed by atoms with Crippen LogP contribution < -0.4 is 33.2 Å². The first-order valence-corrected chi connectivity index (χ1v) is 13.0. The number of carbonyl (C=O) groups excluding carboxylic acids is 1. The predicted octanol–water partition coefficient (Wildman–Crippen LogP) is 6.79. The Labute approximate surface area is 246 Å². The van der Waals surface area contributed by atoms with Crippen LogP contribution in [0.1, 0.15) is 27.9 Å². The van der Waals surface area contributed by atoms with E-state index >= 15 is 0 Å². The molecule has 41 heavy (non-hydrogen) atoms. The molecule has 0 saturated heterocycles. The van der Waals surface area contributed by atoms with Crippen LogP contribution in [0.4, 0.5) is 10.1 Å². The van der Waals surface area contributed by atoms with Gasteiger partial charge in [0.2, 0.25) is 11.5 Å². The predicted molar refractivity (Wildman–Crippen MR) is 159 cm³/mol. The summed E-state index contributed by atoms with van der Waals surface area (Å²) < 4.78 is 52.8. The average Bonchev–Trinajstić information content (AvgIpc) is 2.98. The smallest absolute Gasteiger partial charge is 0.204 e. The Bertz CT molecular complexity index is 1450. The second-order valence-corrected chi connectivity index (χ2v) is 9.09. The molecule has 0 aromatic heterocycles. The monoisotopic (exact) mass is 631 g/mol. The summed E-state index contributed by atoms with van der Waals surface area (Å²) in [6, 6.07) is 8.06. The molecule has 0 bridgehead atoms. The van der Waals surface area contributed by atoms with E-state index in [1.807, 2.05) is 0 Å². The third kappa shape index (κ3) is 6.91. The molecule has 0 aliphatic carbocycles. The molecule has 0 aliphatic heterocycles. The number of carbonyl (C=O) groups is 1. The molecule has 0 atom stereocenters. The minimum Gasteiger partial charge on any atom is -0.493 e. The van der Waals surface area contributed by atoms with E-state index in [2.05, 4.69) is 20.9 Å². The molecule has 0 unspecified atom stereocenters. The van der Waals surface area contributed by atoms with Gasteiger partial charge in [-0.15, -0.1) is 0 Å². The molecule has 218 valence electrons. The van der Waals surface area contributed by atoms with Crippen LogP contribution in [-0.4, -0.2) is 61.8 Å². The van der Waals surface area contributed by atoms with Crippen molar-refractivity contribution in [2.24, 2.45) is 4.99 Å². The Kier molecular flexibility index (Phi) is 11.0. The van der Waals surface area contributed by atoms with Crippen molar-refractivity contribution in [3.05, 3.63) is 57.3 Å². The highest BCUT2D eigenvalue weighted by atomic mass is 79.9. The summed E-state index contributed by atoms with van der Waals surface area (Å²) >= 11 is 3.41. The molecule has 3 rings (SSSR count). The lowest BCUT2D eigenvalue weighted by Crippen LogP contribution is -2.05. The normalized spacial score (nSPS) is 11.0. The van der Waals surface area contributed by atoms with Crippen molar-refractivity contribution in [2.75, 3.05) is 49.8 Å². The maximum absolute atomic E-state index is 14.9. The fourth-order valence-electron chi connectivity index (χ4n) is 4.04. The van der Waals surface area contributed by atoms with E-state index in [1.54, 1.807) is 36.4 Å². The molecule has 0 radical (unpaired) electrons. The van der Waals surface area contributed by atoms with E-state index in [0.29, 0.717) is 50.1 Å². The molecule has 0 saturated carbocycles. The maximum Gasteiger partial charge on any atom is 0.204 e. The van der Waals surface area contributed by atoms with Gasteiger partial charge in [0.25, 0.3) is 0 Å². The van der Waals surface area contributed by atoms with Gasteiger partial charge in [-0.1, -0.05) is 12.2 Å². The number of ketones is 1. The Morgan fingerprint density at radius 3 is 1.73 bits per heavy atom. The average molecular weight is 632 g/mol. The number of benzene rings is 3. The van der Waals surface area contributed by atoms with E-state index in [0.717, 1.165) is 5.56 Å². The maximum atomic E-state index is 14.9. The molecule has 9 nitrogen and oxygen atoms in total. The molecular formula is C30H31BrFNO8. The van der Waals surface area contributed by atoms with Crippen LogP contribution in [0.25, 0.3) is 12.2 Å². The van der Waals surface area contributed by atoms with E-state index < -0.39 is 5.82 Å². The number of aliphatic imine (C=N–C) groups is 1. The molecule has 11 heteroatoms. The number of hydrogen-bond acceptors (Lipinski definition) is 9. The van der Waals surface area contributed by atoms with Crippen molar-refractivity contribution in [2.45, 2.75) is 6.42 Å². The quantitative estimate of drug-likeness (QED) is 0.116. The van der Waals surface area contributed by atoms with Crippen LogP contribution in [0.15, 0.2) is 39.8 Å². The Hall–Kier alpha value is -4.25. The lowest BCUT2D eigenvalue weighted by atomic mass is 10.1. The number of Topliss-reactive ketones (excluding diaryl/α,β-unsaturated/α-hetero) is 1. The van der Waals surface area contributed by atoms with Gasteiger partial charge in [0.15, 0.2) is 40.3 Å². The van der Waals surface area contributed by atoms with Gasteiger partial charge in [-0.05, 0) is 57.4 Å². The van der Waals surface area contributed by atoms with Crippen molar-refractivity contribution >= 4 is 45.8 Å². The van der Waals surface area contributed by atoms with Gasteiger partial charge in [-0.2, -0.15) is 0 Å². The molecule has 0 N–H and O–H groups in total. The van der Waals surface area contributed by atoms with Gasteiger partial charge in [0.1, 0.15) is 5.69 Å². The highest BCUT2D eigenvalue weighted by Gasteiger charge is 2.22. The van der Waals surface area contributed by atoms with Gasteiger partial charge in [0.05, 0.1) is 54.2 Å². The molecule has 3 aromatic rings. The molecule has 0 aliphatic rings. The van der Waals surface area contributed by atoms with Crippen LogP contribution in [0.3, 0.4) is 0 Å². The molecular weight excluding hydrogens is 601 g/mol. The second kappa shape index (κ2) is 14.4. The summed E-state index contributed by atoms with van der Waals surface area (Å²) in [5.41, 5.74) is 1.78. The van der Waals surface area contributed by atoms with Crippen LogP contribution in [0.5, 0.6) is 40.2 Å². The minimum atomic E-state index is -0.606. The standard InChI is InChI=1S/C30H31BrFNO8/c1-35-23-14-18(15-24(36-2)28(23)39-5)9-8-17-12-20(32)27(38-4)21(13-17)33-11-10-22(34)19-16-25(37-3)29(40-6)30(41-7)26(19)31/h8-9,11-16H,10H2,1-7H3/b9-8-,33-11?. The number of hydrogen-bond donors (Lipinski definition) is 0. The highest BCUT2D eigenvalue weighted by molar-refractivity contribution is 9.10. The van der Waals surface area contributed by atoms with Gasteiger partial charge in [-0.3, -0.25) is 9.79 Å². The van der Waals surface area contributed by atoms with Gasteiger partial charge < -0.3 is 33.2 Å². The summed E-state index contributed by atoms with van der Waals surface area (Å²) in [5, 5.41) is 0. The molecule has 3 aromatic carbocycles. The fourth-order valence-corrected chi connectivity index (χ4v) is 4.72. The van der Waals surface area contributed by atoms with E-state index in [9.17, 15) is 9.18 Å². The second-order valence-electron chi connectivity index (χ2n) is 8.29. The Balaban J connectivity index is 1.90. The van der Waals surface area contributed by atoms with Crippen molar-refractivity contribution in [1.82, 2.24) is 0 Å². The van der Waals surface area contributed by atoms with Crippen molar-refractivity contribution in [3.8, 4) is 40.2 Å². The summed E-state index contributed by atoms with van der Waals surface area (Å²) in [4.78, 5) is 17.4. The molecule has 0 spiro atoms. The first kappa shape index (κ1) is 31.3. The number of ether oxygens (including phenoxy) is 7. The summed E-state index contributed by atoms with van der Waals surface area (Å²) in [7, 11) is 10.3. The SMILES string of the molecule is COc1cc(/C=C\c2cc(F)c(OC)c(N=CCC(=O)c3cc(OC)c(OC)c(OC)c3Br)c2)cc(OC)c1OC. The third-order valence-corrected chi connectivity index (χ3v) is 6.77. The molecule has 0 fully saturated rings. The first-order chi connectivity index (χ1) is 19.8. The number of rotatable bonds is 13. The Morgan fingerprint density at radius 1 is 0.707 bits per heavy atom. The lowest BCUT2D eigenvalue weighted by Gasteiger charge is -2.16. The fraction of sp³-hybridized carbons (Fsp3) is 0.267. The summed E-state index contributed by atoms with van der Waals surface area (Å²) in [5.74, 6) is 1.51. The topological polar surface area (TPSA) is 94.0 Å². The van der Waals surface area contributed by atoms with E-state index in [-0.39, 0.29) is 23.6 Å². The largest absolute Gasteiger partial charge is 0.493 e. The van der Waals surface area contributed by atoms with Crippen LogP contribution in [0.2, 0.25) is 0 Å². The zero-order valence-electron chi connectivity index (χ0n) is 23.8. The van der Waals surface area contributed by atoms with Crippen molar-refractivity contribution < 1.29 is 42.3 Å². The number of methoxy groups -OCH3 is 7. The summed E-state index contributed by atoms with van der Waals surface area (Å²) in [6.45, 7) is 0. The van der Waals surface area contributed by atoms with Crippen molar-refractivity contribution in [1.29, 1.82) is 0 Å². The van der Waals surface area contributed by atoms with Crippen LogP contribution in [-0.2, 0) is 0 Å². The molecule has 0 amide bonds. The first-order valence-electron chi connectivity index (χ1n) is 12.2. The summed E-state index contributed by atoms with van der Waals surface area (Å²) in [6.07, 6.45) is 4.78. The highest BCUT2D eigenvalue weighted by Crippen LogP contribution is 2.45. The van der Waals surface area contributed by atoms with Gasteiger partial charge >= 0.3 is 0 Å². The number of halogens is 2. The van der Waals surface area contributed by atoms with E-state index in [4.69, 9.17) is 33.2 Å². The minimum absolute atomic E-state index is 0.0485. The number of nitrogens with zero attached hydrogens (tertiary/aromatic N) is 1. The van der Waals surface area contributed by atoms with E-state index in [1.165, 1.54) is 62.0 Å². The zero-order chi connectivity index (χ0) is 30.1. The van der Waals surface area contributed by atoms with Crippen molar-refractivity contribution in [3.63, 3.8) is 0 Å². The van der Waals surface area contributed by atoms with Gasteiger partial charge in [0, 0.05) is 18.2 Å². The van der Waals surface area contributed by atoms with Gasteiger partial charge in [-0.25, -0.2) is 4.39 Å².